The minimum absolute atomic E-state index is 0.0333. The van der Waals surface area contributed by atoms with Crippen molar-refractivity contribution in [2.75, 3.05) is 17.2 Å². The highest BCUT2D eigenvalue weighted by Gasteiger charge is 2.39. The van der Waals surface area contributed by atoms with Crippen molar-refractivity contribution in [2.24, 2.45) is 0 Å². The van der Waals surface area contributed by atoms with Crippen LogP contribution in [0.15, 0.2) is 18.2 Å². The smallest absolute Gasteiger partial charge is 0.251 e. The van der Waals surface area contributed by atoms with Crippen LogP contribution in [0.3, 0.4) is 0 Å². The standard InChI is InChI=1S/C12H15ClN2O3S/c1-12(4-5-19(17,18)7-12)15-11(16)8-2-3-10(14)9(13)6-8/h2-3,6H,4-5,7,14H2,1H3,(H,15,16). The molecule has 1 saturated heterocycles. The molecule has 7 heteroatoms. The summed E-state index contributed by atoms with van der Waals surface area (Å²) >= 11 is 5.85. The number of anilines is 1. The Bertz CT molecular complexity index is 630. The average Bonchev–Trinajstić information content (AvgIpc) is 2.56. The van der Waals surface area contributed by atoms with Gasteiger partial charge in [0, 0.05) is 5.56 Å². The number of benzene rings is 1. The fourth-order valence-electron chi connectivity index (χ4n) is 2.12. The van der Waals surface area contributed by atoms with E-state index in [1.807, 2.05) is 0 Å². The number of carbonyl (C=O) groups is 1. The largest absolute Gasteiger partial charge is 0.398 e. The van der Waals surface area contributed by atoms with Crippen LogP contribution >= 0.6 is 11.6 Å². The number of carbonyl (C=O) groups excluding carboxylic acids is 1. The van der Waals surface area contributed by atoms with Crippen molar-refractivity contribution in [2.45, 2.75) is 18.9 Å². The number of sulfone groups is 1. The van der Waals surface area contributed by atoms with Gasteiger partial charge in [-0.3, -0.25) is 4.79 Å². The molecular formula is C12H15ClN2O3S. The number of nitrogens with one attached hydrogen (secondary N) is 1. The van der Waals surface area contributed by atoms with Crippen molar-refractivity contribution < 1.29 is 13.2 Å². The number of hydrogen-bond acceptors (Lipinski definition) is 4. The highest BCUT2D eigenvalue weighted by atomic mass is 35.5. The summed E-state index contributed by atoms with van der Waals surface area (Å²) in [4.78, 5) is 12.1. The molecular weight excluding hydrogens is 288 g/mol. The number of nitrogens with two attached hydrogens (primary N) is 1. The maximum atomic E-state index is 12.1. The first-order valence-electron chi connectivity index (χ1n) is 5.79. The Morgan fingerprint density at radius 2 is 2.16 bits per heavy atom. The Hall–Kier alpha value is -1.27. The van der Waals surface area contributed by atoms with Crippen molar-refractivity contribution >= 4 is 33.0 Å². The van der Waals surface area contributed by atoms with Gasteiger partial charge in [0.1, 0.15) is 0 Å². The molecule has 2 rings (SSSR count). The molecule has 1 aliphatic heterocycles. The van der Waals surface area contributed by atoms with Crippen molar-refractivity contribution in [3.05, 3.63) is 28.8 Å². The fourth-order valence-corrected chi connectivity index (χ4v) is 4.40. The van der Waals surface area contributed by atoms with E-state index in [0.29, 0.717) is 22.7 Å². The maximum Gasteiger partial charge on any atom is 0.251 e. The molecule has 1 aliphatic rings. The second-order valence-corrected chi connectivity index (χ2v) is 7.68. The molecule has 0 saturated carbocycles. The lowest BCUT2D eigenvalue weighted by atomic mass is 10.0. The minimum atomic E-state index is -3.06. The third-order valence-corrected chi connectivity index (χ3v) is 5.41. The first-order chi connectivity index (χ1) is 8.71. The predicted molar refractivity (Wildman–Crippen MR) is 75.0 cm³/mol. The highest BCUT2D eigenvalue weighted by molar-refractivity contribution is 7.91. The predicted octanol–water partition coefficient (Wildman–Crippen LogP) is 1.23. The van der Waals surface area contributed by atoms with Gasteiger partial charge in [-0.2, -0.15) is 0 Å². The molecule has 0 aliphatic carbocycles. The van der Waals surface area contributed by atoms with Gasteiger partial charge in [-0.05, 0) is 31.5 Å². The lowest BCUT2D eigenvalue weighted by Crippen LogP contribution is -2.46. The molecule has 1 heterocycles. The van der Waals surface area contributed by atoms with Crippen molar-refractivity contribution in [3.63, 3.8) is 0 Å². The summed E-state index contributed by atoms with van der Waals surface area (Å²) in [5.74, 6) is -0.276. The van der Waals surface area contributed by atoms with Gasteiger partial charge in [-0.1, -0.05) is 11.6 Å². The zero-order valence-electron chi connectivity index (χ0n) is 10.4. The summed E-state index contributed by atoms with van der Waals surface area (Å²) in [6, 6.07) is 4.58. The summed E-state index contributed by atoms with van der Waals surface area (Å²) < 4.78 is 22.9. The maximum absolute atomic E-state index is 12.1. The van der Waals surface area contributed by atoms with Crippen LogP contribution in [0.25, 0.3) is 0 Å². The summed E-state index contributed by atoms with van der Waals surface area (Å²) in [7, 11) is -3.06. The number of halogens is 1. The van der Waals surface area contributed by atoms with Crippen molar-refractivity contribution in [1.82, 2.24) is 5.32 Å². The van der Waals surface area contributed by atoms with E-state index in [0.717, 1.165) is 0 Å². The summed E-state index contributed by atoms with van der Waals surface area (Å²) in [6.45, 7) is 1.73. The second kappa shape index (κ2) is 4.68. The van der Waals surface area contributed by atoms with E-state index in [2.05, 4.69) is 5.32 Å². The first kappa shape index (κ1) is 14.1. The van der Waals surface area contributed by atoms with Crippen LogP contribution in [0.2, 0.25) is 5.02 Å². The molecule has 0 bridgehead atoms. The van der Waals surface area contributed by atoms with Crippen LogP contribution in [-0.2, 0) is 9.84 Å². The molecule has 1 aromatic carbocycles. The van der Waals surface area contributed by atoms with Crippen molar-refractivity contribution in [3.8, 4) is 0 Å². The van der Waals surface area contributed by atoms with Crippen LogP contribution < -0.4 is 11.1 Å². The van der Waals surface area contributed by atoms with E-state index in [4.69, 9.17) is 17.3 Å². The molecule has 1 unspecified atom stereocenters. The lowest BCUT2D eigenvalue weighted by molar-refractivity contribution is 0.0915. The van der Waals surface area contributed by atoms with E-state index in [9.17, 15) is 13.2 Å². The SMILES string of the molecule is CC1(NC(=O)c2ccc(N)c(Cl)c2)CCS(=O)(=O)C1. The van der Waals surface area contributed by atoms with E-state index in [-0.39, 0.29) is 17.4 Å². The quantitative estimate of drug-likeness (QED) is 0.804. The van der Waals surface area contributed by atoms with Gasteiger partial charge in [0.05, 0.1) is 27.8 Å². The van der Waals surface area contributed by atoms with E-state index >= 15 is 0 Å². The summed E-state index contributed by atoms with van der Waals surface area (Å²) in [5, 5.41) is 3.06. The lowest BCUT2D eigenvalue weighted by Gasteiger charge is -2.24. The Kier molecular flexibility index (Phi) is 3.49. The Morgan fingerprint density at radius 1 is 1.47 bits per heavy atom. The third-order valence-electron chi connectivity index (χ3n) is 3.18. The van der Waals surface area contributed by atoms with Crippen LogP contribution in [0, 0.1) is 0 Å². The molecule has 0 aromatic heterocycles. The van der Waals surface area contributed by atoms with Gasteiger partial charge < -0.3 is 11.1 Å². The molecule has 1 aromatic rings. The molecule has 0 spiro atoms. The Labute approximate surface area is 117 Å². The normalized spacial score (nSPS) is 25.2. The van der Waals surface area contributed by atoms with Gasteiger partial charge in [-0.15, -0.1) is 0 Å². The molecule has 1 fully saturated rings. The second-order valence-electron chi connectivity index (χ2n) is 5.09. The number of hydrogen-bond donors (Lipinski definition) is 2. The summed E-state index contributed by atoms with van der Waals surface area (Å²) in [6.07, 6.45) is 0.420. The zero-order chi connectivity index (χ0) is 14.3. The van der Waals surface area contributed by atoms with Gasteiger partial charge in [-0.25, -0.2) is 8.42 Å². The number of amides is 1. The molecule has 5 nitrogen and oxygen atoms in total. The van der Waals surface area contributed by atoms with Gasteiger partial charge >= 0.3 is 0 Å². The zero-order valence-corrected chi connectivity index (χ0v) is 12.0. The molecule has 0 radical (unpaired) electrons. The average molecular weight is 303 g/mol. The Morgan fingerprint density at radius 3 is 2.68 bits per heavy atom. The van der Waals surface area contributed by atoms with E-state index in [1.54, 1.807) is 19.1 Å². The van der Waals surface area contributed by atoms with Crippen molar-refractivity contribution in [1.29, 1.82) is 0 Å². The molecule has 1 atom stereocenters. The third kappa shape index (κ3) is 3.19. The van der Waals surface area contributed by atoms with E-state index in [1.165, 1.54) is 6.07 Å². The van der Waals surface area contributed by atoms with Gasteiger partial charge in [0.15, 0.2) is 9.84 Å². The minimum Gasteiger partial charge on any atom is -0.398 e. The Balaban J connectivity index is 2.15. The fraction of sp³-hybridized carbons (Fsp3) is 0.417. The molecule has 3 N–H and O–H groups in total. The van der Waals surface area contributed by atoms with Crippen LogP contribution in [0.5, 0.6) is 0 Å². The molecule has 104 valence electrons. The van der Waals surface area contributed by atoms with Gasteiger partial charge in [0.2, 0.25) is 0 Å². The summed E-state index contributed by atoms with van der Waals surface area (Å²) in [5.41, 5.74) is 5.61. The number of rotatable bonds is 2. The monoisotopic (exact) mass is 302 g/mol. The number of nitrogen functional groups attached to an aromatic ring is 1. The van der Waals surface area contributed by atoms with Crippen LogP contribution in [-0.4, -0.2) is 31.4 Å². The highest BCUT2D eigenvalue weighted by Crippen LogP contribution is 2.24. The van der Waals surface area contributed by atoms with E-state index < -0.39 is 15.4 Å². The molecule has 1 amide bonds. The van der Waals surface area contributed by atoms with Crippen LogP contribution in [0.1, 0.15) is 23.7 Å². The van der Waals surface area contributed by atoms with Crippen LogP contribution in [0.4, 0.5) is 5.69 Å². The first-order valence-corrected chi connectivity index (χ1v) is 7.99. The van der Waals surface area contributed by atoms with Gasteiger partial charge in [0.25, 0.3) is 5.91 Å². The topological polar surface area (TPSA) is 89.3 Å². The molecule has 19 heavy (non-hydrogen) atoms.